The van der Waals surface area contributed by atoms with Crippen LogP contribution in [-0.2, 0) is 16.5 Å². The first kappa shape index (κ1) is 21.7. The van der Waals surface area contributed by atoms with Gasteiger partial charge in [0.25, 0.3) is 10.1 Å². The van der Waals surface area contributed by atoms with Gasteiger partial charge >= 0.3 is 0 Å². The summed E-state index contributed by atoms with van der Waals surface area (Å²) in [6, 6.07) is 15.7. The molecule has 5 nitrogen and oxygen atoms in total. The molecule has 3 aromatic rings. The lowest BCUT2D eigenvalue weighted by Crippen LogP contribution is -2.65. The first-order valence-corrected chi connectivity index (χ1v) is 13.2. The molecule has 7 rings (SSSR count). The van der Waals surface area contributed by atoms with Crippen molar-refractivity contribution in [2.75, 3.05) is 19.6 Å². The summed E-state index contributed by atoms with van der Waals surface area (Å²) in [6.07, 6.45) is 5.57. The van der Waals surface area contributed by atoms with E-state index in [0.29, 0.717) is 0 Å². The zero-order valence-electron chi connectivity index (χ0n) is 18.9. The molecular weight excluding hydrogens is 420 g/mol. The smallest absolute Gasteiger partial charge is 0.294 e. The molecule has 0 aliphatic carbocycles. The minimum absolute atomic E-state index is 0.0666. The highest BCUT2D eigenvalue weighted by molar-refractivity contribution is 7.85. The van der Waals surface area contributed by atoms with Crippen molar-refractivity contribution >= 4 is 21.0 Å². The minimum atomic E-state index is -4.02. The van der Waals surface area contributed by atoms with Gasteiger partial charge in [0.1, 0.15) is 6.04 Å². The van der Waals surface area contributed by atoms with E-state index in [4.69, 9.17) is 4.55 Å². The van der Waals surface area contributed by atoms with Crippen LogP contribution in [0.3, 0.4) is 0 Å². The van der Waals surface area contributed by atoms with Crippen LogP contribution in [-0.4, -0.2) is 42.1 Å². The Hall–Kier alpha value is -2.15. The maximum Gasteiger partial charge on any atom is 0.294 e. The second kappa shape index (κ2) is 8.01. The van der Waals surface area contributed by atoms with Gasteiger partial charge < -0.3 is 9.47 Å². The van der Waals surface area contributed by atoms with Crippen molar-refractivity contribution in [3.05, 3.63) is 65.4 Å². The third kappa shape index (κ3) is 3.68. The van der Waals surface area contributed by atoms with Crippen LogP contribution in [0.15, 0.2) is 53.4 Å². The van der Waals surface area contributed by atoms with Crippen LogP contribution >= 0.6 is 0 Å². The molecule has 5 heterocycles. The Morgan fingerprint density at radius 3 is 2.56 bits per heavy atom. The summed E-state index contributed by atoms with van der Waals surface area (Å²) in [5, 5.41) is 1.49. The Balaban J connectivity index is 0.000000168. The van der Waals surface area contributed by atoms with Crippen molar-refractivity contribution in [2.24, 2.45) is 11.8 Å². The average molecular weight is 454 g/mol. The Labute approximate surface area is 190 Å². The number of nitrogens with one attached hydrogen (secondary N) is 1. The number of rotatable bonds is 2. The van der Waals surface area contributed by atoms with E-state index < -0.39 is 10.1 Å². The molecule has 4 aliphatic rings. The van der Waals surface area contributed by atoms with Crippen molar-refractivity contribution in [3.63, 3.8) is 0 Å². The maximum atomic E-state index is 10.5. The number of quaternary nitrogens is 1. The number of aryl methyl sites for hydroxylation is 1. The Bertz CT molecular complexity index is 1230. The van der Waals surface area contributed by atoms with Crippen LogP contribution in [0.4, 0.5) is 0 Å². The molecular formula is C26H33N2O3S+. The van der Waals surface area contributed by atoms with Gasteiger partial charge in [0, 0.05) is 36.1 Å². The fraction of sp³-hybridized carbons (Fsp3) is 0.462. The van der Waals surface area contributed by atoms with Crippen LogP contribution in [0.5, 0.6) is 0 Å². The number of fused-ring (bicyclic) bond motifs is 5. The third-order valence-corrected chi connectivity index (χ3v) is 9.10. The molecule has 2 N–H and O–H groups in total. The fourth-order valence-corrected chi connectivity index (χ4v) is 6.98. The monoisotopic (exact) mass is 453 g/mol. The molecule has 1 spiro atoms. The number of H-pyrrole nitrogens is 1. The molecule has 3 saturated heterocycles. The average Bonchev–Trinajstić information content (AvgIpc) is 3.18. The molecule has 1 aromatic heterocycles. The molecule has 32 heavy (non-hydrogen) atoms. The number of benzene rings is 2. The topological polar surface area (TPSA) is 70.2 Å². The lowest BCUT2D eigenvalue weighted by atomic mass is 9.70. The van der Waals surface area contributed by atoms with Crippen molar-refractivity contribution in [2.45, 2.75) is 50.5 Å². The van der Waals surface area contributed by atoms with Crippen molar-refractivity contribution in [1.29, 1.82) is 0 Å². The summed E-state index contributed by atoms with van der Waals surface area (Å²) < 4.78 is 30.9. The van der Waals surface area contributed by atoms with Crippen LogP contribution in [0.1, 0.15) is 49.0 Å². The van der Waals surface area contributed by atoms with E-state index in [-0.39, 0.29) is 4.90 Å². The molecule has 2 bridgehead atoms. The molecule has 2 aromatic carbocycles. The standard InChI is InChI=1S/C19H25N2.C7H8O3S/c1-2-13-12-21-9-7-14(13)11-18(21)19-16(8-10-21)15-5-3-4-6-17(15)20-19;1-6-2-4-7(5-3-6)11(8,9)10/h3-6,13-14,18,20H,2,7-12H2,1H3;2-5H,1H3,(H,8,9,10)/q+1;. The highest BCUT2D eigenvalue weighted by atomic mass is 32.2. The highest BCUT2D eigenvalue weighted by Crippen LogP contribution is 2.53. The largest absolute Gasteiger partial charge is 0.353 e. The number of hydrogen-bond donors (Lipinski definition) is 2. The summed E-state index contributed by atoms with van der Waals surface area (Å²) in [7, 11) is -4.02. The van der Waals surface area contributed by atoms with Gasteiger partial charge in [-0.2, -0.15) is 8.42 Å². The molecule has 6 heteroatoms. The highest BCUT2D eigenvalue weighted by Gasteiger charge is 2.54. The van der Waals surface area contributed by atoms with Crippen LogP contribution in [0.2, 0.25) is 0 Å². The number of hydrogen-bond acceptors (Lipinski definition) is 2. The summed E-state index contributed by atoms with van der Waals surface area (Å²) in [5.41, 5.74) is 5.55. The fourth-order valence-electron chi connectivity index (χ4n) is 6.50. The predicted molar refractivity (Wildman–Crippen MR) is 127 cm³/mol. The van der Waals surface area contributed by atoms with Crippen molar-refractivity contribution < 1.29 is 17.5 Å². The van der Waals surface area contributed by atoms with Crippen LogP contribution < -0.4 is 0 Å². The summed E-state index contributed by atoms with van der Waals surface area (Å²) in [6.45, 7) is 8.50. The maximum absolute atomic E-state index is 10.5. The van der Waals surface area contributed by atoms with Gasteiger partial charge in [-0.1, -0.05) is 42.8 Å². The molecule has 0 amide bonds. The van der Waals surface area contributed by atoms with Crippen LogP contribution in [0.25, 0.3) is 10.9 Å². The zero-order chi connectivity index (χ0) is 22.5. The lowest BCUT2D eigenvalue weighted by Gasteiger charge is -2.59. The molecule has 4 unspecified atom stereocenters. The van der Waals surface area contributed by atoms with E-state index in [1.807, 2.05) is 6.92 Å². The molecule has 170 valence electrons. The second-order valence-corrected chi connectivity index (χ2v) is 11.3. The summed E-state index contributed by atoms with van der Waals surface area (Å²) in [4.78, 5) is 3.75. The summed E-state index contributed by atoms with van der Waals surface area (Å²) in [5.74, 6) is 1.97. The summed E-state index contributed by atoms with van der Waals surface area (Å²) >= 11 is 0. The van der Waals surface area contributed by atoms with E-state index >= 15 is 0 Å². The van der Waals surface area contributed by atoms with E-state index in [1.165, 1.54) is 72.8 Å². The molecule has 4 atom stereocenters. The Morgan fingerprint density at radius 2 is 1.84 bits per heavy atom. The van der Waals surface area contributed by atoms with Crippen molar-refractivity contribution in [3.8, 4) is 0 Å². The van der Waals surface area contributed by atoms with Gasteiger partial charge in [0.2, 0.25) is 0 Å². The van der Waals surface area contributed by atoms with Gasteiger partial charge in [-0.3, -0.25) is 4.55 Å². The normalized spacial score (nSPS) is 28.5. The van der Waals surface area contributed by atoms with Gasteiger partial charge in [0.15, 0.2) is 0 Å². The second-order valence-electron chi connectivity index (χ2n) is 9.92. The van der Waals surface area contributed by atoms with E-state index in [0.717, 1.165) is 23.4 Å². The number of aromatic nitrogens is 1. The lowest BCUT2D eigenvalue weighted by molar-refractivity contribution is -0.978. The number of piperidine rings is 3. The van der Waals surface area contributed by atoms with Gasteiger partial charge in [-0.25, -0.2) is 0 Å². The van der Waals surface area contributed by atoms with Crippen LogP contribution in [0, 0.1) is 18.8 Å². The molecule has 0 saturated carbocycles. The Kier molecular flexibility index (Phi) is 5.43. The van der Waals surface area contributed by atoms with Gasteiger partial charge in [0.05, 0.1) is 30.2 Å². The number of para-hydroxylation sites is 1. The van der Waals surface area contributed by atoms with Crippen molar-refractivity contribution in [1.82, 2.24) is 4.98 Å². The molecule has 0 radical (unpaired) electrons. The van der Waals surface area contributed by atoms with Gasteiger partial charge in [-0.15, -0.1) is 0 Å². The predicted octanol–water partition coefficient (Wildman–Crippen LogP) is 5.27. The first-order chi connectivity index (χ1) is 15.3. The molecule has 3 fully saturated rings. The number of nitrogens with zero attached hydrogens (tertiary/aromatic N) is 1. The van der Waals surface area contributed by atoms with E-state index in [9.17, 15) is 8.42 Å². The number of aromatic amines is 1. The first-order valence-electron chi connectivity index (χ1n) is 11.8. The third-order valence-electron chi connectivity index (χ3n) is 8.23. The van der Waals surface area contributed by atoms with Gasteiger partial charge in [-0.05, 0) is 43.0 Å². The quantitative estimate of drug-likeness (QED) is 0.410. The minimum Gasteiger partial charge on any atom is -0.353 e. The van der Waals surface area contributed by atoms with E-state index in [2.05, 4.69) is 36.2 Å². The Morgan fingerprint density at radius 1 is 1.09 bits per heavy atom. The zero-order valence-corrected chi connectivity index (χ0v) is 19.7. The SMILES string of the molecule is CCC1C[N+]23CCc4c([nH]c5ccccc45)C2CC1CC3.Cc1ccc(S(=O)(=O)O)cc1. The molecule has 4 aliphatic heterocycles. The van der Waals surface area contributed by atoms with E-state index in [1.54, 1.807) is 23.4 Å².